The highest BCUT2D eigenvalue weighted by Gasteiger charge is 2.11. The zero-order chi connectivity index (χ0) is 15.2. The standard InChI is InChI=1S/C13H16ClN5OS/c1-2-3-11-17-18-13(19(11)15)21-8-12(20)16-10-6-4-9(14)5-7-10/h4-7H,2-3,8,15H2,1H3,(H,16,20). The van der Waals surface area contributed by atoms with Gasteiger partial charge in [-0.25, -0.2) is 4.68 Å². The second-order valence-electron chi connectivity index (χ2n) is 4.36. The van der Waals surface area contributed by atoms with Crippen LogP contribution in [0.5, 0.6) is 0 Å². The molecule has 1 amide bonds. The number of anilines is 1. The summed E-state index contributed by atoms with van der Waals surface area (Å²) in [7, 11) is 0. The molecular weight excluding hydrogens is 310 g/mol. The smallest absolute Gasteiger partial charge is 0.234 e. The van der Waals surface area contributed by atoms with E-state index in [1.54, 1.807) is 24.3 Å². The Balaban J connectivity index is 1.87. The number of hydrogen-bond donors (Lipinski definition) is 2. The van der Waals surface area contributed by atoms with Crippen LogP contribution >= 0.6 is 23.4 Å². The second kappa shape index (κ2) is 7.33. The number of nitrogens with zero attached hydrogens (tertiary/aromatic N) is 3. The number of amides is 1. The Morgan fingerprint density at radius 3 is 2.76 bits per heavy atom. The van der Waals surface area contributed by atoms with Crippen molar-refractivity contribution in [1.29, 1.82) is 0 Å². The number of thioether (sulfide) groups is 1. The molecule has 0 saturated heterocycles. The molecule has 0 aliphatic carbocycles. The Labute approximate surface area is 132 Å². The van der Waals surface area contributed by atoms with Gasteiger partial charge in [-0.15, -0.1) is 10.2 Å². The molecule has 0 unspecified atom stereocenters. The second-order valence-corrected chi connectivity index (χ2v) is 5.74. The Hall–Kier alpha value is -1.73. The normalized spacial score (nSPS) is 10.6. The average Bonchev–Trinajstić information content (AvgIpc) is 2.81. The van der Waals surface area contributed by atoms with Gasteiger partial charge >= 0.3 is 0 Å². The van der Waals surface area contributed by atoms with Crippen molar-refractivity contribution < 1.29 is 4.79 Å². The minimum atomic E-state index is -0.137. The molecule has 112 valence electrons. The lowest BCUT2D eigenvalue weighted by Gasteiger charge is -2.05. The molecule has 0 radical (unpaired) electrons. The van der Waals surface area contributed by atoms with Crippen LogP contribution in [-0.2, 0) is 11.2 Å². The lowest BCUT2D eigenvalue weighted by Crippen LogP contribution is -2.17. The van der Waals surface area contributed by atoms with E-state index in [0.717, 1.165) is 18.7 Å². The molecule has 8 heteroatoms. The number of carbonyl (C=O) groups excluding carboxylic acids is 1. The van der Waals surface area contributed by atoms with Crippen molar-refractivity contribution in [2.75, 3.05) is 16.9 Å². The number of nitrogens with two attached hydrogens (primary N) is 1. The topological polar surface area (TPSA) is 85.8 Å². The minimum Gasteiger partial charge on any atom is -0.336 e. The molecule has 0 atom stereocenters. The van der Waals surface area contributed by atoms with Crippen LogP contribution in [0.4, 0.5) is 5.69 Å². The third-order valence-corrected chi connectivity index (χ3v) is 3.86. The highest BCUT2D eigenvalue weighted by molar-refractivity contribution is 7.99. The zero-order valence-electron chi connectivity index (χ0n) is 11.5. The molecule has 0 saturated carbocycles. The summed E-state index contributed by atoms with van der Waals surface area (Å²) in [6, 6.07) is 6.93. The van der Waals surface area contributed by atoms with E-state index in [9.17, 15) is 4.79 Å². The SMILES string of the molecule is CCCc1nnc(SCC(=O)Nc2ccc(Cl)cc2)n1N. The molecule has 1 aromatic carbocycles. The first-order chi connectivity index (χ1) is 10.1. The summed E-state index contributed by atoms with van der Waals surface area (Å²) in [6.07, 6.45) is 1.71. The monoisotopic (exact) mass is 325 g/mol. The van der Waals surface area contributed by atoms with E-state index in [4.69, 9.17) is 17.4 Å². The lowest BCUT2D eigenvalue weighted by molar-refractivity contribution is -0.113. The summed E-state index contributed by atoms with van der Waals surface area (Å²) in [6.45, 7) is 2.04. The van der Waals surface area contributed by atoms with Gasteiger partial charge in [-0.3, -0.25) is 4.79 Å². The maximum Gasteiger partial charge on any atom is 0.234 e. The van der Waals surface area contributed by atoms with Gasteiger partial charge < -0.3 is 11.2 Å². The quantitative estimate of drug-likeness (QED) is 0.629. The molecule has 21 heavy (non-hydrogen) atoms. The Morgan fingerprint density at radius 2 is 2.10 bits per heavy atom. The lowest BCUT2D eigenvalue weighted by atomic mass is 10.3. The number of benzene rings is 1. The summed E-state index contributed by atoms with van der Waals surface area (Å²) in [5, 5.41) is 11.9. The summed E-state index contributed by atoms with van der Waals surface area (Å²) in [5.41, 5.74) is 0.700. The molecule has 3 N–H and O–H groups in total. The number of halogens is 1. The first kappa shape index (κ1) is 15.7. The minimum absolute atomic E-state index is 0.137. The van der Waals surface area contributed by atoms with Crippen LogP contribution in [0.3, 0.4) is 0 Å². The average molecular weight is 326 g/mol. The van der Waals surface area contributed by atoms with Crippen LogP contribution in [0, 0.1) is 0 Å². The van der Waals surface area contributed by atoms with Gasteiger partial charge in [0, 0.05) is 17.1 Å². The van der Waals surface area contributed by atoms with E-state index in [1.165, 1.54) is 16.4 Å². The molecule has 0 aliphatic rings. The molecule has 1 heterocycles. The molecule has 0 spiro atoms. The predicted molar refractivity (Wildman–Crippen MR) is 85.0 cm³/mol. The Bertz CT molecular complexity index is 614. The van der Waals surface area contributed by atoms with Crippen LogP contribution in [0.2, 0.25) is 5.02 Å². The number of carbonyl (C=O) groups is 1. The fourth-order valence-electron chi connectivity index (χ4n) is 1.66. The Morgan fingerprint density at radius 1 is 1.38 bits per heavy atom. The highest BCUT2D eigenvalue weighted by Crippen LogP contribution is 2.17. The van der Waals surface area contributed by atoms with Gasteiger partial charge in [-0.2, -0.15) is 0 Å². The van der Waals surface area contributed by atoms with Crippen LogP contribution in [0.1, 0.15) is 19.2 Å². The maximum absolute atomic E-state index is 11.9. The number of nitrogens with one attached hydrogen (secondary N) is 1. The van der Waals surface area contributed by atoms with E-state index >= 15 is 0 Å². The van der Waals surface area contributed by atoms with Crippen LogP contribution in [-0.4, -0.2) is 26.5 Å². The number of aromatic nitrogens is 3. The van der Waals surface area contributed by atoms with Crippen LogP contribution < -0.4 is 11.2 Å². The summed E-state index contributed by atoms with van der Waals surface area (Å²) in [4.78, 5) is 11.9. The van der Waals surface area contributed by atoms with Crippen molar-refractivity contribution >= 4 is 35.0 Å². The zero-order valence-corrected chi connectivity index (χ0v) is 13.1. The molecule has 1 aromatic heterocycles. The Kier molecular flexibility index (Phi) is 5.46. The fourth-order valence-corrected chi connectivity index (χ4v) is 2.46. The van der Waals surface area contributed by atoms with Crippen molar-refractivity contribution in [2.45, 2.75) is 24.9 Å². The van der Waals surface area contributed by atoms with Gasteiger partial charge in [0.25, 0.3) is 0 Å². The van der Waals surface area contributed by atoms with Gasteiger partial charge in [-0.1, -0.05) is 30.3 Å². The van der Waals surface area contributed by atoms with Gasteiger partial charge in [0.15, 0.2) is 5.82 Å². The number of hydrogen-bond acceptors (Lipinski definition) is 5. The first-order valence-corrected chi connectivity index (χ1v) is 7.84. The van der Waals surface area contributed by atoms with Crippen LogP contribution in [0.25, 0.3) is 0 Å². The van der Waals surface area contributed by atoms with Crippen molar-refractivity contribution in [2.24, 2.45) is 0 Å². The third-order valence-electron chi connectivity index (χ3n) is 2.67. The number of aryl methyl sites for hydroxylation is 1. The van der Waals surface area contributed by atoms with Gasteiger partial charge in [-0.05, 0) is 30.7 Å². The fraction of sp³-hybridized carbons (Fsp3) is 0.308. The molecule has 6 nitrogen and oxygen atoms in total. The van der Waals surface area contributed by atoms with Gasteiger partial charge in [0.05, 0.1) is 5.75 Å². The van der Waals surface area contributed by atoms with Crippen LogP contribution in [0.15, 0.2) is 29.4 Å². The van der Waals surface area contributed by atoms with Crippen molar-refractivity contribution in [3.8, 4) is 0 Å². The largest absolute Gasteiger partial charge is 0.336 e. The maximum atomic E-state index is 11.9. The first-order valence-electron chi connectivity index (χ1n) is 6.47. The molecule has 0 bridgehead atoms. The predicted octanol–water partition coefficient (Wildman–Crippen LogP) is 2.33. The van der Waals surface area contributed by atoms with Crippen molar-refractivity contribution in [3.63, 3.8) is 0 Å². The van der Waals surface area contributed by atoms with Crippen molar-refractivity contribution in [1.82, 2.24) is 14.9 Å². The van der Waals surface area contributed by atoms with Gasteiger partial charge in [0.2, 0.25) is 11.1 Å². The third kappa shape index (κ3) is 4.37. The summed E-state index contributed by atoms with van der Waals surface area (Å²) >= 11 is 7.04. The molecule has 2 aromatic rings. The molecular formula is C13H16ClN5OS. The number of nitrogen functional groups attached to an aromatic ring is 1. The van der Waals surface area contributed by atoms with E-state index in [1.807, 2.05) is 6.92 Å². The molecule has 0 fully saturated rings. The summed E-state index contributed by atoms with van der Waals surface area (Å²) in [5.74, 6) is 6.67. The van der Waals surface area contributed by atoms with E-state index in [2.05, 4.69) is 15.5 Å². The summed E-state index contributed by atoms with van der Waals surface area (Å²) < 4.78 is 1.43. The van der Waals surface area contributed by atoms with Gasteiger partial charge in [0.1, 0.15) is 0 Å². The number of rotatable bonds is 6. The van der Waals surface area contributed by atoms with E-state index < -0.39 is 0 Å². The molecule has 2 rings (SSSR count). The van der Waals surface area contributed by atoms with E-state index in [0.29, 0.717) is 15.9 Å². The van der Waals surface area contributed by atoms with E-state index in [-0.39, 0.29) is 11.7 Å². The molecule has 0 aliphatic heterocycles. The van der Waals surface area contributed by atoms with Crippen molar-refractivity contribution in [3.05, 3.63) is 35.1 Å². The highest BCUT2D eigenvalue weighted by atomic mass is 35.5.